The lowest BCUT2D eigenvalue weighted by Gasteiger charge is -2.18. The quantitative estimate of drug-likeness (QED) is 0.631. The number of aryl methyl sites for hydroxylation is 2. The first-order chi connectivity index (χ1) is 13.1. The van der Waals surface area contributed by atoms with Crippen LogP contribution in [-0.2, 0) is 5.75 Å². The lowest BCUT2D eigenvalue weighted by atomic mass is 10.1. The molecule has 3 aromatic carbocycles. The molecule has 4 rings (SSSR count). The van der Waals surface area contributed by atoms with Crippen LogP contribution in [0.3, 0.4) is 0 Å². The van der Waals surface area contributed by atoms with Crippen molar-refractivity contribution < 1.29 is 4.79 Å². The fraction of sp³-hybridized carbons (Fsp3) is 0.217. The topological polar surface area (TPSA) is 32.7 Å². The van der Waals surface area contributed by atoms with Crippen LogP contribution in [0.25, 0.3) is 10.8 Å². The highest BCUT2D eigenvalue weighted by atomic mass is 32.2. The molecular weight excluding hydrogens is 352 g/mol. The summed E-state index contributed by atoms with van der Waals surface area (Å²) in [6.07, 6.45) is 0. The summed E-state index contributed by atoms with van der Waals surface area (Å²) in [7, 11) is 0. The molecule has 0 N–H and O–H groups in total. The van der Waals surface area contributed by atoms with Crippen molar-refractivity contribution in [3.05, 3.63) is 82.9 Å². The number of carbonyl (C=O) groups is 1. The molecule has 0 radical (unpaired) electrons. The first kappa shape index (κ1) is 17.8. The van der Waals surface area contributed by atoms with Gasteiger partial charge in [-0.05, 0) is 47.9 Å². The van der Waals surface area contributed by atoms with Crippen molar-refractivity contribution in [2.45, 2.75) is 19.6 Å². The SMILES string of the molecule is Cc1ccc(C)c(CSC2=NCCN2C(=O)c2ccc3ccccc3c2)c1. The second-order valence-electron chi connectivity index (χ2n) is 6.90. The zero-order valence-corrected chi connectivity index (χ0v) is 16.4. The third-order valence-electron chi connectivity index (χ3n) is 4.90. The standard InChI is InChI=1S/C23H22N2OS/c1-16-7-8-17(2)21(13-16)15-27-23-24-11-12-25(23)22(26)20-10-9-18-5-3-4-6-19(18)14-20/h3-10,13-14H,11-12,15H2,1-2H3. The third kappa shape index (κ3) is 3.76. The van der Waals surface area contributed by atoms with Crippen LogP contribution in [0, 0.1) is 13.8 Å². The van der Waals surface area contributed by atoms with Gasteiger partial charge in [-0.25, -0.2) is 0 Å². The van der Waals surface area contributed by atoms with Crippen LogP contribution in [0.4, 0.5) is 0 Å². The molecule has 27 heavy (non-hydrogen) atoms. The van der Waals surface area contributed by atoms with Crippen molar-refractivity contribution in [3.8, 4) is 0 Å². The molecule has 1 aliphatic heterocycles. The van der Waals surface area contributed by atoms with Gasteiger partial charge in [0.2, 0.25) is 0 Å². The van der Waals surface area contributed by atoms with E-state index >= 15 is 0 Å². The van der Waals surface area contributed by atoms with Crippen LogP contribution in [0.2, 0.25) is 0 Å². The van der Waals surface area contributed by atoms with Gasteiger partial charge in [-0.1, -0.05) is 65.9 Å². The number of thioether (sulfide) groups is 1. The number of amidine groups is 1. The maximum absolute atomic E-state index is 13.1. The van der Waals surface area contributed by atoms with E-state index in [-0.39, 0.29) is 5.91 Å². The average Bonchev–Trinajstić information content (AvgIpc) is 3.16. The van der Waals surface area contributed by atoms with E-state index < -0.39 is 0 Å². The Morgan fingerprint density at radius 3 is 2.70 bits per heavy atom. The molecule has 0 spiro atoms. The van der Waals surface area contributed by atoms with E-state index in [0.717, 1.165) is 27.3 Å². The van der Waals surface area contributed by atoms with E-state index in [2.05, 4.69) is 43.1 Å². The zero-order valence-electron chi connectivity index (χ0n) is 15.6. The lowest BCUT2D eigenvalue weighted by Crippen LogP contribution is -2.32. The van der Waals surface area contributed by atoms with Crippen LogP contribution in [0.15, 0.2) is 65.7 Å². The highest BCUT2D eigenvalue weighted by Gasteiger charge is 2.25. The number of aliphatic imine (C=N–C) groups is 1. The predicted molar refractivity (Wildman–Crippen MR) is 114 cm³/mol. The average molecular weight is 375 g/mol. The molecule has 0 saturated heterocycles. The molecule has 0 aromatic heterocycles. The summed E-state index contributed by atoms with van der Waals surface area (Å²) >= 11 is 1.65. The van der Waals surface area contributed by atoms with Crippen LogP contribution in [-0.4, -0.2) is 29.1 Å². The zero-order chi connectivity index (χ0) is 18.8. The predicted octanol–water partition coefficient (Wildman–Crippen LogP) is 5.20. The lowest BCUT2D eigenvalue weighted by molar-refractivity contribution is 0.0861. The van der Waals surface area contributed by atoms with Crippen molar-refractivity contribution in [3.63, 3.8) is 0 Å². The fourth-order valence-electron chi connectivity index (χ4n) is 3.31. The molecule has 0 aliphatic carbocycles. The maximum atomic E-state index is 13.1. The summed E-state index contributed by atoms with van der Waals surface area (Å²) in [6, 6.07) is 20.5. The van der Waals surface area contributed by atoms with E-state index in [1.54, 1.807) is 11.8 Å². The number of hydrogen-bond donors (Lipinski definition) is 0. The van der Waals surface area contributed by atoms with Crippen molar-refractivity contribution in [2.75, 3.05) is 13.1 Å². The molecule has 0 fully saturated rings. The Labute approximate surface area is 164 Å². The first-order valence-electron chi connectivity index (χ1n) is 9.16. The molecule has 136 valence electrons. The first-order valence-corrected chi connectivity index (χ1v) is 10.1. The van der Waals surface area contributed by atoms with Gasteiger partial charge in [-0.2, -0.15) is 0 Å². The summed E-state index contributed by atoms with van der Waals surface area (Å²) < 4.78 is 0. The minimum atomic E-state index is 0.0328. The van der Waals surface area contributed by atoms with Crippen molar-refractivity contribution in [1.82, 2.24) is 4.90 Å². The van der Waals surface area contributed by atoms with Gasteiger partial charge < -0.3 is 0 Å². The molecule has 3 aromatic rings. The fourth-order valence-corrected chi connectivity index (χ4v) is 4.42. The molecule has 1 amide bonds. The molecular formula is C23H22N2OS. The van der Waals surface area contributed by atoms with E-state index in [9.17, 15) is 4.79 Å². The van der Waals surface area contributed by atoms with E-state index in [0.29, 0.717) is 13.1 Å². The van der Waals surface area contributed by atoms with Gasteiger partial charge in [0, 0.05) is 17.9 Å². The second-order valence-corrected chi connectivity index (χ2v) is 7.84. The Morgan fingerprint density at radius 1 is 1.04 bits per heavy atom. The van der Waals surface area contributed by atoms with Crippen LogP contribution >= 0.6 is 11.8 Å². The summed E-state index contributed by atoms with van der Waals surface area (Å²) in [5.74, 6) is 0.860. The monoisotopic (exact) mass is 374 g/mol. The van der Waals surface area contributed by atoms with E-state index in [1.807, 2.05) is 41.3 Å². The number of fused-ring (bicyclic) bond motifs is 1. The van der Waals surface area contributed by atoms with Crippen LogP contribution < -0.4 is 0 Å². The van der Waals surface area contributed by atoms with Gasteiger partial charge >= 0.3 is 0 Å². The van der Waals surface area contributed by atoms with Gasteiger partial charge in [0.15, 0.2) is 5.17 Å². The molecule has 0 saturated carbocycles. The Balaban J connectivity index is 1.51. The minimum Gasteiger partial charge on any atom is -0.286 e. The maximum Gasteiger partial charge on any atom is 0.259 e. The van der Waals surface area contributed by atoms with E-state index in [4.69, 9.17) is 0 Å². The van der Waals surface area contributed by atoms with Crippen molar-refractivity contribution in [2.24, 2.45) is 4.99 Å². The minimum absolute atomic E-state index is 0.0328. The van der Waals surface area contributed by atoms with Crippen LogP contribution in [0.5, 0.6) is 0 Å². The molecule has 0 atom stereocenters. The molecule has 3 nitrogen and oxygen atoms in total. The Bertz CT molecular complexity index is 1040. The van der Waals surface area contributed by atoms with Gasteiger partial charge in [0.25, 0.3) is 5.91 Å². The number of rotatable bonds is 3. The Morgan fingerprint density at radius 2 is 1.85 bits per heavy atom. The second kappa shape index (κ2) is 7.57. The smallest absolute Gasteiger partial charge is 0.259 e. The molecule has 0 unspecified atom stereocenters. The summed E-state index contributed by atoms with van der Waals surface area (Å²) in [6.45, 7) is 5.56. The van der Waals surface area contributed by atoms with Crippen molar-refractivity contribution >= 4 is 33.6 Å². The largest absolute Gasteiger partial charge is 0.286 e. The van der Waals surface area contributed by atoms with Gasteiger partial charge in [-0.3, -0.25) is 14.7 Å². The molecule has 0 bridgehead atoms. The summed E-state index contributed by atoms with van der Waals surface area (Å²) in [5, 5.41) is 3.06. The number of benzene rings is 3. The molecule has 1 aliphatic rings. The van der Waals surface area contributed by atoms with Gasteiger partial charge in [0.1, 0.15) is 0 Å². The number of nitrogens with zero attached hydrogens (tertiary/aromatic N) is 2. The highest BCUT2D eigenvalue weighted by molar-refractivity contribution is 8.13. The Hall–Kier alpha value is -2.59. The number of carbonyl (C=O) groups excluding carboxylic acids is 1. The summed E-state index contributed by atoms with van der Waals surface area (Å²) in [4.78, 5) is 19.5. The van der Waals surface area contributed by atoms with Crippen LogP contribution in [0.1, 0.15) is 27.0 Å². The normalized spacial score (nSPS) is 13.9. The van der Waals surface area contributed by atoms with Crippen molar-refractivity contribution in [1.29, 1.82) is 0 Å². The number of hydrogen-bond acceptors (Lipinski definition) is 3. The van der Waals surface area contributed by atoms with Gasteiger partial charge in [-0.15, -0.1) is 0 Å². The van der Waals surface area contributed by atoms with E-state index in [1.165, 1.54) is 16.7 Å². The number of amides is 1. The molecule has 4 heteroatoms. The molecule has 1 heterocycles. The summed E-state index contributed by atoms with van der Waals surface area (Å²) in [5.41, 5.74) is 4.55. The Kier molecular flexibility index (Phi) is 4.99. The highest BCUT2D eigenvalue weighted by Crippen LogP contribution is 2.24. The third-order valence-corrected chi connectivity index (χ3v) is 5.97. The van der Waals surface area contributed by atoms with Gasteiger partial charge in [0.05, 0.1) is 6.54 Å².